The van der Waals surface area contributed by atoms with Gasteiger partial charge in [-0.1, -0.05) is 12.1 Å². The van der Waals surface area contributed by atoms with Crippen molar-refractivity contribution in [3.8, 4) is 16.2 Å². The molecule has 3 heterocycles. The number of esters is 1. The first-order valence-corrected chi connectivity index (χ1v) is 9.72. The first-order valence-electron chi connectivity index (χ1n) is 8.90. The predicted octanol–water partition coefficient (Wildman–Crippen LogP) is 1.33. The molecule has 0 spiro atoms. The van der Waals surface area contributed by atoms with Crippen LogP contribution in [0.5, 0.6) is 5.75 Å². The summed E-state index contributed by atoms with van der Waals surface area (Å²) < 4.78 is 12.6. The van der Waals surface area contributed by atoms with Gasteiger partial charge < -0.3 is 15.2 Å². The summed E-state index contributed by atoms with van der Waals surface area (Å²) in [6.45, 7) is -0.341. The zero-order chi connectivity index (χ0) is 21.6. The summed E-state index contributed by atoms with van der Waals surface area (Å²) in [5.74, 6) is -1.01. The van der Waals surface area contributed by atoms with Crippen molar-refractivity contribution in [3.63, 3.8) is 0 Å². The number of nitrogens with zero attached hydrogens (tertiary/aromatic N) is 2. The molecule has 0 radical (unpaired) electrons. The Morgan fingerprint density at radius 1 is 1.20 bits per heavy atom. The van der Waals surface area contributed by atoms with E-state index < -0.39 is 29.6 Å². The number of carbonyl (C=O) groups is 2. The van der Waals surface area contributed by atoms with Gasteiger partial charge in [0.2, 0.25) is 5.78 Å². The van der Waals surface area contributed by atoms with E-state index in [1.807, 2.05) is 24.3 Å². The first kappa shape index (κ1) is 19.6. The number of ether oxygens (including phenoxy) is 2. The molecular formula is C20H17N3O6S. The lowest BCUT2D eigenvalue weighted by Gasteiger charge is -2.16. The third-order valence-electron chi connectivity index (χ3n) is 4.85. The lowest BCUT2D eigenvalue weighted by Crippen LogP contribution is -2.42. The monoisotopic (exact) mass is 427 g/mol. The van der Waals surface area contributed by atoms with Gasteiger partial charge in [-0.3, -0.25) is 18.7 Å². The van der Waals surface area contributed by atoms with E-state index in [1.54, 1.807) is 6.07 Å². The molecule has 4 rings (SSSR count). The van der Waals surface area contributed by atoms with Crippen LogP contribution in [-0.2, 0) is 25.4 Å². The Morgan fingerprint density at radius 2 is 1.93 bits per heavy atom. The van der Waals surface area contributed by atoms with Crippen molar-refractivity contribution in [3.05, 3.63) is 67.2 Å². The lowest BCUT2D eigenvalue weighted by atomic mass is 10.1. The van der Waals surface area contributed by atoms with Crippen LogP contribution in [0.3, 0.4) is 0 Å². The summed E-state index contributed by atoms with van der Waals surface area (Å²) in [6.07, 6.45) is 0. The second kappa shape index (κ2) is 7.30. The van der Waals surface area contributed by atoms with Gasteiger partial charge in [0.15, 0.2) is 6.61 Å². The second-order valence-corrected chi connectivity index (χ2v) is 7.77. The fraction of sp³-hybridized carbons (Fsp3) is 0.200. The van der Waals surface area contributed by atoms with Gasteiger partial charge in [-0.15, -0.1) is 11.3 Å². The number of aromatic nitrogens is 2. The Hall–Kier alpha value is -3.66. The van der Waals surface area contributed by atoms with Crippen LogP contribution in [0.25, 0.3) is 10.4 Å². The summed E-state index contributed by atoms with van der Waals surface area (Å²) in [7, 11) is 2.58. The molecule has 1 aliphatic rings. The Morgan fingerprint density at radius 3 is 2.70 bits per heavy atom. The van der Waals surface area contributed by atoms with Crippen molar-refractivity contribution < 1.29 is 19.1 Å². The van der Waals surface area contributed by atoms with Crippen molar-refractivity contribution in [1.29, 1.82) is 0 Å². The number of hydrogen-bond donors (Lipinski definition) is 1. The molecule has 9 nitrogen and oxygen atoms in total. The number of Topliss-reactive ketones (excluding diaryl/α,β-unsaturated/α-hetero) is 1. The molecule has 10 heteroatoms. The minimum atomic E-state index is -0.836. The van der Waals surface area contributed by atoms with Crippen molar-refractivity contribution >= 4 is 28.9 Å². The summed E-state index contributed by atoms with van der Waals surface area (Å²) in [5.41, 5.74) is 5.62. The average Bonchev–Trinajstić information content (AvgIpc) is 3.20. The summed E-state index contributed by atoms with van der Waals surface area (Å²) in [6, 6.07) is 9.18. The smallest absolute Gasteiger partial charge is 0.348 e. The third-order valence-corrected chi connectivity index (χ3v) is 6.04. The number of anilines is 1. The van der Waals surface area contributed by atoms with E-state index in [-0.39, 0.29) is 11.4 Å². The number of nitrogens with two attached hydrogens (primary N) is 1. The summed E-state index contributed by atoms with van der Waals surface area (Å²) in [4.78, 5) is 50.3. The highest BCUT2D eigenvalue weighted by molar-refractivity contribution is 7.17. The molecule has 0 bridgehead atoms. The van der Waals surface area contributed by atoms with Crippen LogP contribution in [0, 0.1) is 0 Å². The number of rotatable bonds is 4. The first-order chi connectivity index (χ1) is 14.3. The van der Waals surface area contributed by atoms with Crippen LogP contribution < -0.4 is 21.7 Å². The van der Waals surface area contributed by atoms with E-state index in [9.17, 15) is 19.2 Å². The number of para-hydroxylation sites is 1. The van der Waals surface area contributed by atoms with Gasteiger partial charge in [-0.05, 0) is 18.2 Å². The number of thiophene rings is 1. The molecule has 2 aromatic heterocycles. The van der Waals surface area contributed by atoms with Gasteiger partial charge in [-0.25, -0.2) is 9.59 Å². The Labute approximate surface area is 173 Å². The number of hydrogen-bond acceptors (Lipinski definition) is 8. The van der Waals surface area contributed by atoms with Gasteiger partial charge in [0.25, 0.3) is 5.56 Å². The largest absolute Gasteiger partial charge is 0.488 e. The number of benzene rings is 1. The van der Waals surface area contributed by atoms with E-state index >= 15 is 0 Å². The van der Waals surface area contributed by atoms with E-state index in [2.05, 4.69) is 0 Å². The normalized spacial score (nSPS) is 11.9. The van der Waals surface area contributed by atoms with Crippen LogP contribution >= 0.6 is 11.3 Å². The van der Waals surface area contributed by atoms with Crippen molar-refractivity contribution in [2.75, 3.05) is 12.3 Å². The van der Waals surface area contributed by atoms with Crippen LogP contribution in [0.1, 0.15) is 25.6 Å². The van der Waals surface area contributed by atoms with E-state index in [4.69, 9.17) is 15.2 Å². The molecule has 2 N–H and O–H groups in total. The van der Waals surface area contributed by atoms with Crippen LogP contribution in [0.2, 0.25) is 0 Å². The molecule has 0 unspecified atom stereocenters. The predicted molar refractivity (Wildman–Crippen MR) is 110 cm³/mol. The molecule has 1 aliphatic heterocycles. The average molecular weight is 427 g/mol. The molecule has 3 aromatic rings. The van der Waals surface area contributed by atoms with Crippen molar-refractivity contribution in [2.24, 2.45) is 14.1 Å². The van der Waals surface area contributed by atoms with Gasteiger partial charge in [0, 0.05) is 30.1 Å². The zero-order valence-corrected chi connectivity index (χ0v) is 16.9. The zero-order valence-electron chi connectivity index (χ0n) is 16.1. The minimum absolute atomic E-state index is 0.274. The molecule has 0 saturated heterocycles. The van der Waals surface area contributed by atoms with Crippen molar-refractivity contribution in [1.82, 2.24) is 9.13 Å². The van der Waals surface area contributed by atoms with Gasteiger partial charge in [0.1, 0.15) is 28.6 Å². The Kier molecular flexibility index (Phi) is 4.78. The minimum Gasteiger partial charge on any atom is -0.488 e. The molecule has 30 heavy (non-hydrogen) atoms. The molecule has 154 valence electrons. The summed E-state index contributed by atoms with van der Waals surface area (Å²) in [5, 5.41) is 0. The quantitative estimate of drug-likeness (QED) is 0.492. The maximum absolute atomic E-state index is 12.5. The molecule has 0 amide bonds. The van der Waals surface area contributed by atoms with Crippen molar-refractivity contribution in [2.45, 2.75) is 6.61 Å². The molecular weight excluding hydrogens is 410 g/mol. The maximum atomic E-state index is 12.5. The number of nitrogen functional groups attached to an aromatic ring is 1. The lowest BCUT2D eigenvalue weighted by molar-refractivity contribution is 0.0479. The molecule has 1 aromatic carbocycles. The molecule has 0 fully saturated rings. The fourth-order valence-corrected chi connectivity index (χ4v) is 4.29. The summed E-state index contributed by atoms with van der Waals surface area (Å²) >= 11 is 1.24. The highest BCUT2D eigenvalue weighted by Gasteiger charge is 2.25. The molecule has 0 atom stereocenters. The highest BCUT2D eigenvalue weighted by Crippen LogP contribution is 2.42. The molecule has 0 aliphatic carbocycles. The van der Waals surface area contributed by atoms with Crippen LogP contribution in [0.4, 0.5) is 5.82 Å². The number of ketones is 1. The van der Waals surface area contributed by atoms with Gasteiger partial charge in [-0.2, -0.15) is 0 Å². The topological polar surface area (TPSA) is 123 Å². The van der Waals surface area contributed by atoms with E-state index in [0.29, 0.717) is 11.5 Å². The van der Waals surface area contributed by atoms with E-state index in [1.165, 1.54) is 25.4 Å². The highest BCUT2D eigenvalue weighted by atomic mass is 32.1. The standard InChI is InChI=1S/C20H17N3O6S/c1-22-17(21)15(18(25)23(2)20(22)27)12(24)9-29-19(26)14-7-10-8-28-13-6-4-3-5-11(13)16(10)30-14/h3-7H,8-9,21H2,1-2H3. The van der Waals surface area contributed by atoms with E-state index in [0.717, 1.165) is 30.9 Å². The number of fused-ring (bicyclic) bond motifs is 3. The number of carbonyl (C=O) groups excluding carboxylic acids is 2. The Bertz CT molecular complexity index is 1320. The Balaban J connectivity index is 1.55. The maximum Gasteiger partial charge on any atom is 0.348 e. The fourth-order valence-electron chi connectivity index (χ4n) is 3.20. The second-order valence-electron chi connectivity index (χ2n) is 6.72. The van der Waals surface area contributed by atoms with Gasteiger partial charge in [0.05, 0.1) is 0 Å². The van der Waals surface area contributed by atoms with Crippen LogP contribution in [0.15, 0.2) is 39.9 Å². The molecule has 0 saturated carbocycles. The third kappa shape index (κ3) is 3.11. The van der Waals surface area contributed by atoms with Gasteiger partial charge >= 0.3 is 11.7 Å². The van der Waals surface area contributed by atoms with Crippen LogP contribution in [-0.4, -0.2) is 27.5 Å². The SMILES string of the molecule is Cn1c(N)c(C(=O)COC(=O)c2cc3c(s2)-c2ccccc2OC3)c(=O)n(C)c1=O.